The van der Waals surface area contributed by atoms with E-state index in [2.05, 4.69) is 59.5 Å². The average molecular weight is 375 g/mol. The molecule has 0 aliphatic carbocycles. The number of hydrogen-bond acceptors (Lipinski definition) is 3. The van der Waals surface area contributed by atoms with E-state index >= 15 is 0 Å². The molecule has 27 heavy (non-hydrogen) atoms. The summed E-state index contributed by atoms with van der Waals surface area (Å²) in [5, 5.41) is 0.748. The second-order valence-electron chi connectivity index (χ2n) is 6.92. The Bertz CT molecular complexity index is 983. The highest BCUT2D eigenvalue weighted by molar-refractivity contribution is 6.30. The van der Waals surface area contributed by atoms with Gasteiger partial charge in [-0.2, -0.15) is 0 Å². The molecule has 4 atom stereocenters. The summed E-state index contributed by atoms with van der Waals surface area (Å²) in [5.41, 5.74) is 4.81. The molecule has 0 spiro atoms. The van der Waals surface area contributed by atoms with Crippen LogP contribution in [0, 0.1) is 0 Å². The molecule has 3 aromatic carbocycles. The second-order valence-corrected chi connectivity index (χ2v) is 7.35. The van der Waals surface area contributed by atoms with Gasteiger partial charge in [-0.05, 0) is 53.1 Å². The van der Waals surface area contributed by atoms with Crippen LogP contribution in [0.1, 0.15) is 28.9 Å². The standard InChI is InChI=1S/C23H19ClN2O/c1-27-19-13-9-15(10-14-19)20-22-21(16-5-3-2-4-6-16)26(22)23(25-20)17-7-11-18(24)12-8-17/h2-14,21-23H,1H3/t21-,22+,23-,26?/m0/s1. The summed E-state index contributed by atoms with van der Waals surface area (Å²) in [7, 11) is 1.69. The molecule has 5 rings (SSSR count). The van der Waals surface area contributed by atoms with Crippen molar-refractivity contribution in [2.45, 2.75) is 18.2 Å². The lowest BCUT2D eigenvalue weighted by atomic mass is 10.0. The van der Waals surface area contributed by atoms with Gasteiger partial charge in [0, 0.05) is 5.02 Å². The predicted octanol–water partition coefficient (Wildman–Crippen LogP) is 5.28. The number of hydrogen-bond donors (Lipinski definition) is 0. The molecule has 1 unspecified atom stereocenters. The quantitative estimate of drug-likeness (QED) is 0.580. The van der Waals surface area contributed by atoms with Gasteiger partial charge in [0.15, 0.2) is 0 Å². The maximum atomic E-state index is 6.08. The molecule has 1 fully saturated rings. The van der Waals surface area contributed by atoms with E-state index in [9.17, 15) is 0 Å². The van der Waals surface area contributed by atoms with Crippen LogP contribution in [-0.4, -0.2) is 23.8 Å². The average Bonchev–Trinajstić information content (AvgIpc) is 3.34. The molecule has 2 aliphatic heterocycles. The lowest BCUT2D eigenvalue weighted by Crippen LogP contribution is -2.08. The fourth-order valence-electron chi connectivity index (χ4n) is 4.01. The summed E-state index contributed by atoms with van der Waals surface area (Å²) in [5.74, 6) is 0.860. The SMILES string of the molecule is COc1ccc(C2=N[C@H](c3ccc(Cl)cc3)N3[C@H]2[C@@H]3c2ccccc2)cc1. The summed E-state index contributed by atoms with van der Waals surface area (Å²) in [6.07, 6.45) is 0.0228. The maximum absolute atomic E-state index is 6.08. The number of rotatable bonds is 4. The molecule has 1 saturated heterocycles. The van der Waals surface area contributed by atoms with Crippen molar-refractivity contribution in [3.8, 4) is 5.75 Å². The highest BCUT2D eigenvalue weighted by Crippen LogP contribution is 2.55. The Morgan fingerprint density at radius 1 is 0.815 bits per heavy atom. The molecule has 2 aliphatic rings. The first kappa shape index (κ1) is 16.5. The van der Waals surface area contributed by atoms with E-state index in [0.717, 1.165) is 22.0 Å². The number of benzene rings is 3. The molecule has 0 bridgehead atoms. The molecule has 134 valence electrons. The number of halogens is 1. The zero-order valence-electron chi connectivity index (χ0n) is 14.9. The van der Waals surface area contributed by atoms with Gasteiger partial charge in [-0.25, -0.2) is 0 Å². The van der Waals surface area contributed by atoms with Gasteiger partial charge in [0.1, 0.15) is 11.9 Å². The maximum Gasteiger partial charge on any atom is 0.129 e. The number of fused-ring (bicyclic) bond motifs is 1. The summed E-state index contributed by atoms with van der Waals surface area (Å²) in [6.45, 7) is 0. The van der Waals surface area contributed by atoms with Gasteiger partial charge in [-0.3, -0.25) is 9.89 Å². The third-order valence-corrected chi connectivity index (χ3v) is 5.62. The van der Waals surface area contributed by atoms with Crippen molar-refractivity contribution in [2.24, 2.45) is 4.99 Å². The van der Waals surface area contributed by atoms with E-state index < -0.39 is 0 Å². The number of aliphatic imine (C=N–C) groups is 1. The van der Waals surface area contributed by atoms with Gasteiger partial charge in [0.2, 0.25) is 0 Å². The highest BCUT2D eigenvalue weighted by atomic mass is 35.5. The third-order valence-electron chi connectivity index (χ3n) is 5.37. The first-order chi connectivity index (χ1) is 13.3. The van der Waals surface area contributed by atoms with Crippen LogP contribution in [0.25, 0.3) is 0 Å². The molecule has 0 saturated carbocycles. The smallest absolute Gasteiger partial charge is 0.129 e. The Morgan fingerprint density at radius 3 is 2.19 bits per heavy atom. The first-order valence-electron chi connectivity index (χ1n) is 9.06. The van der Waals surface area contributed by atoms with Crippen molar-refractivity contribution in [2.75, 3.05) is 7.11 Å². The van der Waals surface area contributed by atoms with E-state index in [1.807, 2.05) is 24.3 Å². The van der Waals surface area contributed by atoms with Gasteiger partial charge >= 0.3 is 0 Å². The van der Waals surface area contributed by atoms with Gasteiger partial charge in [-0.1, -0.05) is 54.1 Å². The van der Waals surface area contributed by atoms with E-state index in [0.29, 0.717) is 12.1 Å². The monoisotopic (exact) mass is 374 g/mol. The van der Waals surface area contributed by atoms with Crippen LogP contribution >= 0.6 is 11.6 Å². The summed E-state index contributed by atoms with van der Waals surface area (Å²) in [4.78, 5) is 7.55. The Hall–Kier alpha value is -2.62. The first-order valence-corrected chi connectivity index (χ1v) is 9.44. The number of ether oxygens (including phenoxy) is 1. The molecule has 3 nitrogen and oxygen atoms in total. The van der Waals surface area contributed by atoms with E-state index in [1.54, 1.807) is 7.11 Å². The largest absolute Gasteiger partial charge is 0.497 e. The lowest BCUT2D eigenvalue weighted by molar-refractivity contribution is 0.404. The van der Waals surface area contributed by atoms with Gasteiger partial charge in [-0.15, -0.1) is 0 Å². The number of methoxy groups -OCH3 is 1. The molecule has 0 N–H and O–H groups in total. The predicted molar refractivity (Wildman–Crippen MR) is 109 cm³/mol. The molecular formula is C23H19ClN2O. The fraction of sp³-hybridized carbons (Fsp3) is 0.174. The van der Waals surface area contributed by atoms with E-state index in [1.165, 1.54) is 11.1 Å². The second kappa shape index (κ2) is 6.52. The summed E-state index contributed by atoms with van der Waals surface area (Å²) in [6, 6.07) is 27.6. The van der Waals surface area contributed by atoms with Gasteiger partial charge < -0.3 is 4.74 Å². The van der Waals surface area contributed by atoms with Crippen molar-refractivity contribution in [1.82, 2.24) is 4.90 Å². The Kier molecular flexibility index (Phi) is 4.00. The third kappa shape index (κ3) is 2.84. The Balaban J connectivity index is 1.54. The lowest BCUT2D eigenvalue weighted by Gasteiger charge is -2.14. The van der Waals surface area contributed by atoms with E-state index in [4.69, 9.17) is 21.3 Å². The molecule has 2 heterocycles. The van der Waals surface area contributed by atoms with Gasteiger partial charge in [0.25, 0.3) is 0 Å². The van der Waals surface area contributed by atoms with Crippen LogP contribution in [-0.2, 0) is 0 Å². The highest BCUT2D eigenvalue weighted by Gasteiger charge is 2.59. The van der Waals surface area contributed by atoms with Crippen LogP contribution in [0.3, 0.4) is 0 Å². The summed E-state index contributed by atoms with van der Waals surface area (Å²) >= 11 is 6.08. The van der Waals surface area contributed by atoms with Crippen LogP contribution in [0.4, 0.5) is 0 Å². The van der Waals surface area contributed by atoms with Crippen molar-refractivity contribution >= 4 is 17.3 Å². The van der Waals surface area contributed by atoms with Crippen molar-refractivity contribution in [3.63, 3.8) is 0 Å². The minimum Gasteiger partial charge on any atom is -0.497 e. The minimum atomic E-state index is 0.0228. The van der Waals surface area contributed by atoms with Crippen LogP contribution < -0.4 is 4.74 Å². The van der Waals surface area contributed by atoms with Crippen molar-refractivity contribution in [3.05, 3.63) is 101 Å². The minimum absolute atomic E-state index is 0.0228. The molecule has 0 radical (unpaired) electrons. The zero-order chi connectivity index (χ0) is 18.4. The molecule has 0 aromatic heterocycles. The summed E-state index contributed by atoms with van der Waals surface area (Å²) < 4.78 is 5.30. The zero-order valence-corrected chi connectivity index (χ0v) is 15.7. The molecular weight excluding hydrogens is 356 g/mol. The van der Waals surface area contributed by atoms with Crippen molar-refractivity contribution in [1.29, 1.82) is 0 Å². The normalized spacial score (nSPS) is 25.6. The molecule has 0 amide bonds. The van der Waals surface area contributed by atoms with Crippen LogP contribution in [0.2, 0.25) is 5.02 Å². The van der Waals surface area contributed by atoms with Gasteiger partial charge in [0.05, 0.1) is 24.9 Å². The topological polar surface area (TPSA) is 24.6 Å². The molecule has 3 aromatic rings. The Morgan fingerprint density at radius 2 is 1.52 bits per heavy atom. The number of nitrogens with zero attached hydrogens (tertiary/aromatic N) is 2. The van der Waals surface area contributed by atoms with Crippen molar-refractivity contribution < 1.29 is 4.74 Å². The van der Waals surface area contributed by atoms with Crippen LogP contribution in [0.15, 0.2) is 83.9 Å². The molecule has 4 heteroatoms. The van der Waals surface area contributed by atoms with Crippen LogP contribution in [0.5, 0.6) is 5.75 Å². The fourth-order valence-corrected chi connectivity index (χ4v) is 4.14. The Labute approximate surface area is 163 Å². The van der Waals surface area contributed by atoms with E-state index in [-0.39, 0.29) is 6.17 Å².